The summed E-state index contributed by atoms with van der Waals surface area (Å²) in [5.74, 6) is -1.92. The molecule has 0 saturated heterocycles. The van der Waals surface area contributed by atoms with Gasteiger partial charge in [0.15, 0.2) is 0 Å². The lowest BCUT2D eigenvalue weighted by molar-refractivity contribution is 0.0696. The predicted molar refractivity (Wildman–Crippen MR) is 82.2 cm³/mol. The summed E-state index contributed by atoms with van der Waals surface area (Å²) in [6, 6.07) is 8.41. The third kappa shape index (κ3) is 3.74. The van der Waals surface area contributed by atoms with E-state index in [2.05, 4.69) is 21.2 Å². The number of hydrogen-bond acceptors (Lipinski definition) is 3. The molecular weight excluding hydrogens is 362 g/mol. The van der Waals surface area contributed by atoms with Gasteiger partial charge < -0.3 is 15.5 Å². The highest BCUT2D eigenvalue weighted by molar-refractivity contribution is 9.10. The molecule has 108 valence electrons. The molecule has 0 aromatic heterocycles. The van der Waals surface area contributed by atoms with E-state index in [-0.39, 0.29) is 27.6 Å². The second-order valence-electron chi connectivity index (χ2n) is 4.15. The largest absolute Gasteiger partial charge is 0.507 e. The number of carbonyl (C=O) groups excluding carboxylic acids is 1. The first-order valence-electron chi connectivity index (χ1n) is 5.70. The molecule has 0 radical (unpaired) electrons. The summed E-state index contributed by atoms with van der Waals surface area (Å²) >= 11 is 8.98. The summed E-state index contributed by atoms with van der Waals surface area (Å²) < 4.78 is 0.632. The molecule has 5 nitrogen and oxygen atoms in total. The topological polar surface area (TPSA) is 86.6 Å². The van der Waals surface area contributed by atoms with Crippen LogP contribution in [-0.4, -0.2) is 22.1 Å². The number of nitrogens with one attached hydrogen (secondary N) is 1. The molecule has 0 aliphatic carbocycles. The van der Waals surface area contributed by atoms with Crippen molar-refractivity contribution in [2.24, 2.45) is 0 Å². The zero-order valence-electron chi connectivity index (χ0n) is 10.4. The van der Waals surface area contributed by atoms with E-state index in [1.807, 2.05) is 0 Å². The maximum atomic E-state index is 12.1. The van der Waals surface area contributed by atoms with Crippen molar-refractivity contribution in [3.05, 3.63) is 57.0 Å². The summed E-state index contributed by atoms with van der Waals surface area (Å²) in [5, 5.41) is 21.3. The van der Waals surface area contributed by atoms with Gasteiger partial charge in [-0.3, -0.25) is 4.79 Å². The van der Waals surface area contributed by atoms with Gasteiger partial charge in [-0.05, 0) is 36.4 Å². The monoisotopic (exact) mass is 369 g/mol. The minimum atomic E-state index is -1.15. The van der Waals surface area contributed by atoms with Crippen molar-refractivity contribution < 1.29 is 19.8 Å². The van der Waals surface area contributed by atoms with E-state index in [1.165, 1.54) is 30.3 Å². The van der Waals surface area contributed by atoms with Crippen molar-refractivity contribution in [2.75, 3.05) is 5.32 Å². The number of carbonyl (C=O) groups is 2. The highest BCUT2D eigenvalue weighted by Crippen LogP contribution is 2.24. The van der Waals surface area contributed by atoms with Crippen LogP contribution in [0.2, 0.25) is 5.02 Å². The minimum Gasteiger partial charge on any atom is -0.507 e. The number of halogens is 2. The van der Waals surface area contributed by atoms with E-state index in [9.17, 15) is 14.7 Å². The van der Waals surface area contributed by atoms with Gasteiger partial charge in [-0.1, -0.05) is 27.5 Å². The molecule has 21 heavy (non-hydrogen) atoms. The van der Waals surface area contributed by atoms with Crippen molar-refractivity contribution in [3.63, 3.8) is 0 Å². The number of hydrogen-bond donors (Lipinski definition) is 3. The van der Waals surface area contributed by atoms with Crippen LogP contribution < -0.4 is 5.32 Å². The Hall–Kier alpha value is -2.05. The maximum Gasteiger partial charge on any atom is 0.335 e. The molecular formula is C14H9BrClNO4. The molecule has 0 unspecified atom stereocenters. The van der Waals surface area contributed by atoms with Crippen LogP contribution in [0, 0.1) is 0 Å². The standard InChI is InChI=1S/C14H9BrClNO4/c15-8-1-2-11(12(18)5-8)13(19)17-10-4-7(14(20)21)3-9(16)6-10/h1-6,18H,(H,17,19)(H,20,21). The highest BCUT2D eigenvalue weighted by atomic mass is 79.9. The Balaban J connectivity index is 2.29. The average molecular weight is 371 g/mol. The summed E-state index contributed by atoms with van der Waals surface area (Å²) in [6.07, 6.45) is 0. The third-order valence-electron chi connectivity index (χ3n) is 2.61. The molecule has 0 spiro atoms. The van der Waals surface area contributed by atoms with Crippen LogP contribution in [0.3, 0.4) is 0 Å². The molecule has 0 atom stereocenters. The smallest absolute Gasteiger partial charge is 0.335 e. The zero-order chi connectivity index (χ0) is 15.6. The first-order chi connectivity index (χ1) is 9.86. The number of phenols is 1. The van der Waals surface area contributed by atoms with Crippen LogP contribution >= 0.6 is 27.5 Å². The number of aromatic carboxylic acids is 1. The van der Waals surface area contributed by atoms with Crippen molar-refractivity contribution in [1.29, 1.82) is 0 Å². The Labute approximate surface area is 133 Å². The number of benzene rings is 2. The van der Waals surface area contributed by atoms with E-state index < -0.39 is 11.9 Å². The second-order valence-corrected chi connectivity index (χ2v) is 5.50. The van der Waals surface area contributed by atoms with E-state index in [1.54, 1.807) is 6.07 Å². The number of carboxylic acids is 1. The molecule has 0 saturated carbocycles. The number of amides is 1. The lowest BCUT2D eigenvalue weighted by Crippen LogP contribution is -2.12. The molecule has 2 aromatic carbocycles. The van der Waals surface area contributed by atoms with Gasteiger partial charge in [-0.2, -0.15) is 0 Å². The van der Waals surface area contributed by atoms with Crippen molar-refractivity contribution >= 4 is 45.1 Å². The molecule has 0 bridgehead atoms. The van der Waals surface area contributed by atoms with Crippen LogP contribution in [0.15, 0.2) is 40.9 Å². The predicted octanol–water partition coefficient (Wildman–Crippen LogP) is 3.76. The molecule has 0 aliphatic rings. The SMILES string of the molecule is O=C(O)c1cc(Cl)cc(NC(=O)c2ccc(Br)cc2O)c1. The average Bonchev–Trinajstić information content (AvgIpc) is 2.37. The fourth-order valence-corrected chi connectivity index (χ4v) is 2.26. The fourth-order valence-electron chi connectivity index (χ4n) is 1.68. The first-order valence-corrected chi connectivity index (χ1v) is 6.87. The van der Waals surface area contributed by atoms with Crippen LogP contribution in [-0.2, 0) is 0 Å². The summed E-state index contributed by atoms with van der Waals surface area (Å²) in [5.41, 5.74) is 0.250. The summed E-state index contributed by atoms with van der Waals surface area (Å²) in [7, 11) is 0. The van der Waals surface area contributed by atoms with E-state index in [0.29, 0.717) is 4.47 Å². The quantitative estimate of drug-likeness (QED) is 0.768. The Morgan fingerprint density at radius 2 is 1.86 bits per heavy atom. The van der Waals surface area contributed by atoms with E-state index >= 15 is 0 Å². The van der Waals surface area contributed by atoms with Gasteiger partial charge in [0.25, 0.3) is 5.91 Å². The molecule has 0 aliphatic heterocycles. The second kappa shape index (κ2) is 6.15. The zero-order valence-corrected chi connectivity index (χ0v) is 12.8. The maximum absolute atomic E-state index is 12.1. The summed E-state index contributed by atoms with van der Waals surface area (Å²) in [4.78, 5) is 23.0. The lowest BCUT2D eigenvalue weighted by Gasteiger charge is -2.08. The number of phenolic OH excluding ortho intramolecular Hbond substituents is 1. The molecule has 3 N–H and O–H groups in total. The van der Waals surface area contributed by atoms with Gasteiger partial charge in [0.05, 0.1) is 11.1 Å². The van der Waals surface area contributed by atoms with Gasteiger partial charge in [-0.15, -0.1) is 0 Å². The van der Waals surface area contributed by atoms with Crippen LogP contribution in [0.5, 0.6) is 5.75 Å². The van der Waals surface area contributed by atoms with Crippen molar-refractivity contribution in [3.8, 4) is 5.75 Å². The van der Waals surface area contributed by atoms with Gasteiger partial charge in [0, 0.05) is 15.2 Å². The van der Waals surface area contributed by atoms with Gasteiger partial charge >= 0.3 is 5.97 Å². The molecule has 7 heteroatoms. The van der Waals surface area contributed by atoms with E-state index in [4.69, 9.17) is 16.7 Å². The molecule has 0 heterocycles. The number of carboxylic acid groups (broad SMARTS) is 1. The first kappa shape index (κ1) is 15.3. The molecule has 2 aromatic rings. The van der Waals surface area contributed by atoms with Crippen LogP contribution in [0.4, 0.5) is 5.69 Å². The molecule has 0 fully saturated rings. The van der Waals surface area contributed by atoms with Crippen LogP contribution in [0.1, 0.15) is 20.7 Å². The van der Waals surface area contributed by atoms with Crippen molar-refractivity contribution in [1.82, 2.24) is 0 Å². The van der Waals surface area contributed by atoms with Gasteiger partial charge in [0.2, 0.25) is 0 Å². The fraction of sp³-hybridized carbons (Fsp3) is 0. The molecule has 2 rings (SSSR count). The number of aromatic hydroxyl groups is 1. The highest BCUT2D eigenvalue weighted by Gasteiger charge is 2.13. The van der Waals surface area contributed by atoms with Crippen LogP contribution in [0.25, 0.3) is 0 Å². The number of rotatable bonds is 3. The Morgan fingerprint density at radius 3 is 2.48 bits per heavy atom. The third-order valence-corrected chi connectivity index (χ3v) is 3.32. The summed E-state index contributed by atoms with van der Waals surface area (Å²) in [6.45, 7) is 0. The lowest BCUT2D eigenvalue weighted by atomic mass is 10.1. The Bertz CT molecular complexity index is 733. The minimum absolute atomic E-state index is 0.0437. The van der Waals surface area contributed by atoms with Gasteiger partial charge in [0.1, 0.15) is 5.75 Å². The Morgan fingerprint density at radius 1 is 1.14 bits per heavy atom. The van der Waals surface area contributed by atoms with Gasteiger partial charge in [-0.25, -0.2) is 4.79 Å². The Kier molecular flexibility index (Phi) is 4.50. The number of anilines is 1. The molecule has 1 amide bonds. The normalized spacial score (nSPS) is 10.2. The van der Waals surface area contributed by atoms with E-state index in [0.717, 1.165) is 0 Å². The van der Waals surface area contributed by atoms with Crippen molar-refractivity contribution in [2.45, 2.75) is 0 Å².